The molecule has 18 heavy (non-hydrogen) atoms. The molecule has 3 heteroatoms. The van der Waals surface area contributed by atoms with E-state index in [0.717, 1.165) is 11.5 Å². The Bertz CT molecular complexity index is 398. The lowest BCUT2D eigenvalue weighted by atomic mass is 9.73. The maximum atomic E-state index is 4.45. The van der Waals surface area contributed by atoms with Crippen LogP contribution < -0.4 is 10.2 Å². The molecule has 0 bridgehead atoms. The molecule has 1 heterocycles. The van der Waals surface area contributed by atoms with Crippen molar-refractivity contribution in [2.24, 2.45) is 5.41 Å². The summed E-state index contributed by atoms with van der Waals surface area (Å²) in [5, 5.41) is 3.72. The second kappa shape index (κ2) is 5.17. The van der Waals surface area contributed by atoms with E-state index in [9.17, 15) is 0 Å². The molecule has 0 aromatic carbocycles. The summed E-state index contributed by atoms with van der Waals surface area (Å²) in [7, 11) is 4.08. The van der Waals surface area contributed by atoms with Gasteiger partial charge in [0.2, 0.25) is 0 Å². The molecule has 3 nitrogen and oxygen atoms in total. The van der Waals surface area contributed by atoms with Gasteiger partial charge in [0, 0.05) is 26.3 Å². The highest BCUT2D eigenvalue weighted by atomic mass is 15.2. The molecule has 0 spiro atoms. The Hall–Kier alpha value is -1.25. The van der Waals surface area contributed by atoms with Gasteiger partial charge < -0.3 is 10.2 Å². The Morgan fingerprint density at radius 2 is 2.11 bits per heavy atom. The number of aromatic nitrogens is 1. The van der Waals surface area contributed by atoms with E-state index in [0.29, 0.717) is 11.5 Å². The number of pyridine rings is 1. The van der Waals surface area contributed by atoms with Gasteiger partial charge in [-0.15, -0.1) is 0 Å². The lowest BCUT2D eigenvalue weighted by molar-refractivity contribution is 0.217. The molecular formula is C15H25N3. The van der Waals surface area contributed by atoms with Crippen LogP contribution in [-0.2, 0) is 0 Å². The molecule has 2 rings (SSSR count). The Labute approximate surface area is 111 Å². The van der Waals surface area contributed by atoms with E-state index in [2.05, 4.69) is 35.1 Å². The van der Waals surface area contributed by atoms with Crippen LogP contribution in [0.1, 0.15) is 39.5 Å². The molecule has 1 fully saturated rings. The van der Waals surface area contributed by atoms with E-state index in [1.54, 1.807) is 0 Å². The van der Waals surface area contributed by atoms with E-state index < -0.39 is 0 Å². The number of rotatable bonds is 3. The normalized spacial score (nSPS) is 22.6. The van der Waals surface area contributed by atoms with Crippen molar-refractivity contribution in [3.05, 3.63) is 18.3 Å². The standard InChI is InChI=1S/C15H25N3/c1-15(2)10-6-5-9-13(15)17-12-8-7-11-16-14(12)18(3)4/h7-8,11,13,17H,5-6,9-10H2,1-4H3. The summed E-state index contributed by atoms with van der Waals surface area (Å²) in [5.74, 6) is 1.03. The van der Waals surface area contributed by atoms with Crippen LogP contribution in [0.15, 0.2) is 18.3 Å². The van der Waals surface area contributed by atoms with Crippen molar-refractivity contribution >= 4 is 11.5 Å². The summed E-state index contributed by atoms with van der Waals surface area (Å²) < 4.78 is 0. The highest BCUT2D eigenvalue weighted by Gasteiger charge is 2.32. The van der Waals surface area contributed by atoms with Gasteiger partial charge in [-0.3, -0.25) is 0 Å². The number of nitrogens with zero attached hydrogens (tertiary/aromatic N) is 2. The van der Waals surface area contributed by atoms with Crippen LogP contribution in [0.4, 0.5) is 11.5 Å². The summed E-state index contributed by atoms with van der Waals surface area (Å²) in [6.45, 7) is 4.74. The second-order valence-corrected chi connectivity index (χ2v) is 6.20. The van der Waals surface area contributed by atoms with Gasteiger partial charge in [0.25, 0.3) is 0 Å². The molecule has 100 valence electrons. The monoisotopic (exact) mass is 247 g/mol. The van der Waals surface area contributed by atoms with E-state index in [1.165, 1.54) is 25.7 Å². The fourth-order valence-electron chi connectivity index (χ4n) is 2.82. The summed E-state index contributed by atoms with van der Waals surface area (Å²) >= 11 is 0. The third-order valence-electron chi connectivity index (χ3n) is 4.05. The molecule has 1 N–H and O–H groups in total. The minimum Gasteiger partial charge on any atom is -0.379 e. The summed E-state index contributed by atoms with van der Waals surface area (Å²) in [5.41, 5.74) is 1.53. The Morgan fingerprint density at radius 3 is 2.78 bits per heavy atom. The molecule has 1 aliphatic carbocycles. The fraction of sp³-hybridized carbons (Fsp3) is 0.667. The van der Waals surface area contributed by atoms with E-state index in [-0.39, 0.29) is 0 Å². The minimum absolute atomic E-state index is 0.373. The first-order valence-electron chi connectivity index (χ1n) is 6.89. The molecule has 1 unspecified atom stereocenters. The van der Waals surface area contributed by atoms with Crippen LogP contribution in [0.25, 0.3) is 0 Å². The summed E-state index contributed by atoms with van der Waals surface area (Å²) in [4.78, 5) is 6.52. The lowest BCUT2D eigenvalue weighted by Gasteiger charge is -2.40. The van der Waals surface area contributed by atoms with E-state index >= 15 is 0 Å². The third kappa shape index (κ3) is 2.77. The van der Waals surface area contributed by atoms with Crippen molar-refractivity contribution in [1.29, 1.82) is 0 Å². The largest absolute Gasteiger partial charge is 0.379 e. The number of hydrogen-bond acceptors (Lipinski definition) is 3. The van der Waals surface area contributed by atoms with Gasteiger partial charge in [-0.1, -0.05) is 26.7 Å². The zero-order chi connectivity index (χ0) is 13.2. The quantitative estimate of drug-likeness (QED) is 0.885. The zero-order valence-electron chi connectivity index (χ0n) is 12.0. The average Bonchev–Trinajstić information content (AvgIpc) is 2.32. The van der Waals surface area contributed by atoms with Crippen LogP contribution in [0, 0.1) is 5.41 Å². The first-order chi connectivity index (χ1) is 8.50. The third-order valence-corrected chi connectivity index (χ3v) is 4.05. The Balaban J connectivity index is 2.18. The number of nitrogens with one attached hydrogen (secondary N) is 1. The van der Waals surface area contributed by atoms with Crippen molar-refractivity contribution < 1.29 is 0 Å². The highest BCUT2D eigenvalue weighted by molar-refractivity contribution is 5.65. The topological polar surface area (TPSA) is 28.2 Å². The van der Waals surface area contributed by atoms with Crippen molar-refractivity contribution in [1.82, 2.24) is 4.98 Å². The van der Waals surface area contributed by atoms with Crippen molar-refractivity contribution in [3.8, 4) is 0 Å². The van der Waals surface area contributed by atoms with Crippen molar-refractivity contribution in [3.63, 3.8) is 0 Å². The first kappa shape index (κ1) is 13.2. The van der Waals surface area contributed by atoms with Crippen molar-refractivity contribution in [2.75, 3.05) is 24.3 Å². The van der Waals surface area contributed by atoms with Gasteiger partial charge in [-0.2, -0.15) is 0 Å². The molecule has 0 amide bonds. The molecule has 1 aliphatic rings. The molecule has 1 aromatic heterocycles. The molecule has 0 aliphatic heterocycles. The molecule has 0 radical (unpaired) electrons. The van der Waals surface area contributed by atoms with Gasteiger partial charge in [-0.25, -0.2) is 4.98 Å². The van der Waals surface area contributed by atoms with E-state index in [1.807, 2.05) is 26.4 Å². The van der Waals surface area contributed by atoms with Crippen molar-refractivity contribution in [2.45, 2.75) is 45.6 Å². The molecule has 1 aromatic rings. The predicted octanol–water partition coefficient (Wildman–Crippen LogP) is 3.53. The predicted molar refractivity (Wildman–Crippen MR) is 78.2 cm³/mol. The van der Waals surface area contributed by atoms with Gasteiger partial charge in [-0.05, 0) is 30.4 Å². The van der Waals surface area contributed by atoms with Crippen LogP contribution in [-0.4, -0.2) is 25.1 Å². The SMILES string of the molecule is CN(C)c1ncccc1NC1CCCCC1(C)C. The van der Waals surface area contributed by atoms with Gasteiger partial charge >= 0.3 is 0 Å². The first-order valence-corrected chi connectivity index (χ1v) is 6.89. The molecular weight excluding hydrogens is 222 g/mol. The van der Waals surface area contributed by atoms with Crippen LogP contribution in [0.5, 0.6) is 0 Å². The molecule has 1 atom stereocenters. The zero-order valence-corrected chi connectivity index (χ0v) is 12.0. The molecule has 1 saturated carbocycles. The lowest BCUT2D eigenvalue weighted by Crippen LogP contribution is -2.39. The molecule has 0 saturated heterocycles. The van der Waals surface area contributed by atoms with Gasteiger partial charge in [0.1, 0.15) is 0 Å². The smallest absolute Gasteiger partial charge is 0.151 e. The summed E-state index contributed by atoms with van der Waals surface area (Å²) in [6, 6.07) is 4.69. The number of hydrogen-bond donors (Lipinski definition) is 1. The highest BCUT2D eigenvalue weighted by Crippen LogP contribution is 2.38. The fourth-order valence-corrected chi connectivity index (χ4v) is 2.82. The van der Waals surface area contributed by atoms with Crippen LogP contribution in [0.2, 0.25) is 0 Å². The van der Waals surface area contributed by atoms with Gasteiger partial charge in [0.15, 0.2) is 5.82 Å². The maximum Gasteiger partial charge on any atom is 0.151 e. The van der Waals surface area contributed by atoms with Gasteiger partial charge in [0.05, 0.1) is 5.69 Å². The van der Waals surface area contributed by atoms with Crippen LogP contribution >= 0.6 is 0 Å². The Kier molecular flexibility index (Phi) is 3.79. The van der Waals surface area contributed by atoms with Crippen LogP contribution in [0.3, 0.4) is 0 Å². The average molecular weight is 247 g/mol. The maximum absolute atomic E-state index is 4.45. The van der Waals surface area contributed by atoms with E-state index in [4.69, 9.17) is 0 Å². The number of anilines is 2. The minimum atomic E-state index is 0.373. The second-order valence-electron chi connectivity index (χ2n) is 6.20. The summed E-state index contributed by atoms with van der Waals surface area (Å²) in [6.07, 6.45) is 7.11. The Morgan fingerprint density at radius 1 is 1.33 bits per heavy atom.